The van der Waals surface area contributed by atoms with Gasteiger partial charge in [0, 0.05) is 35.2 Å². The normalized spacial score (nSPS) is 14.2. The average molecular weight is 404 g/mol. The predicted molar refractivity (Wildman–Crippen MR) is 114 cm³/mol. The van der Waals surface area contributed by atoms with Gasteiger partial charge in [0.05, 0.1) is 24.5 Å². The van der Waals surface area contributed by atoms with Crippen LogP contribution in [0.2, 0.25) is 0 Å². The first-order valence-electron chi connectivity index (χ1n) is 9.39. The number of benzene rings is 2. The fourth-order valence-electron chi connectivity index (χ4n) is 3.11. The summed E-state index contributed by atoms with van der Waals surface area (Å²) < 4.78 is 11.4. The Hall–Kier alpha value is -3.08. The van der Waals surface area contributed by atoms with Crippen molar-refractivity contribution in [2.75, 3.05) is 18.5 Å². The molecular weight excluding hydrogens is 384 g/mol. The van der Waals surface area contributed by atoms with Crippen LogP contribution in [-0.4, -0.2) is 29.3 Å². The molecule has 1 saturated heterocycles. The maximum atomic E-state index is 9.59. The molecule has 3 aromatic rings. The Bertz CT molecular complexity index is 1030. The molecule has 4 rings (SSSR count). The van der Waals surface area contributed by atoms with Gasteiger partial charge < -0.3 is 14.8 Å². The fraction of sp³-hybridized carbons (Fsp3) is 0.227. The van der Waals surface area contributed by atoms with Crippen molar-refractivity contribution >= 4 is 24.3 Å². The van der Waals surface area contributed by atoms with Gasteiger partial charge in [-0.25, -0.2) is 9.97 Å². The lowest BCUT2D eigenvalue weighted by Gasteiger charge is -2.23. The van der Waals surface area contributed by atoms with Gasteiger partial charge in [0.1, 0.15) is 17.9 Å². The minimum absolute atomic E-state index is 0.0835. The van der Waals surface area contributed by atoms with Gasteiger partial charge in [0.25, 0.3) is 0 Å². The number of ether oxygens (including phenoxy) is 2. The maximum Gasteiger partial charge on any atom is 0.227 e. The van der Waals surface area contributed by atoms with E-state index in [0.717, 1.165) is 34.7 Å². The van der Waals surface area contributed by atoms with Crippen molar-refractivity contribution in [1.29, 1.82) is 5.26 Å². The van der Waals surface area contributed by atoms with Crippen molar-refractivity contribution in [3.05, 3.63) is 60.3 Å². The van der Waals surface area contributed by atoms with Gasteiger partial charge in [-0.15, -0.1) is 12.6 Å². The third-order valence-corrected chi connectivity index (χ3v) is 4.93. The Morgan fingerprint density at radius 1 is 1.10 bits per heavy atom. The van der Waals surface area contributed by atoms with Gasteiger partial charge >= 0.3 is 0 Å². The monoisotopic (exact) mass is 404 g/mol. The second-order valence-electron chi connectivity index (χ2n) is 6.69. The van der Waals surface area contributed by atoms with E-state index in [1.54, 1.807) is 12.3 Å². The molecule has 6 nitrogen and oxygen atoms in total. The van der Waals surface area contributed by atoms with Gasteiger partial charge in [-0.1, -0.05) is 0 Å². The molecule has 0 unspecified atom stereocenters. The quantitative estimate of drug-likeness (QED) is 0.605. The summed E-state index contributed by atoms with van der Waals surface area (Å²) in [5, 5.41) is 12.8. The molecule has 2 aromatic carbocycles. The minimum atomic E-state index is 0.0835. The van der Waals surface area contributed by atoms with E-state index in [-0.39, 0.29) is 6.10 Å². The molecule has 1 aliphatic heterocycles. The lowest BCUT2D eigenvalue weighted by atomic mass is 10.1. The summed E-state index contributed by atoms with van der Waals surface area (Å²) in [6.07, 6.45) is 3.44. The Morgan fingerprint density at radius 3 is 2.66 bits per heavy atom. The highest BCUT2D eigenvalue weighted by Gasteiger charge is 2.17. The number of nitriles is 1. The highest BCUT2D eigenvalue weighted by molar-refractivity contribution is 7.80. The third kappa shape index (κ3) is 4.86. The molecule has 1 N–H and O–H groups in total. The number of rotatable bonds is 5. The first kappa shape index (κ1) is 19.2. The Labute approximate surface area is 174 Å². The molecule has 0 saturated carbocycles. The van der Waals surface area contributed by atoms with Crippen molar-refractivity contribution in [3.63, 3.8) is 0 Å². The molecule has 2 heterocycles. The van der Waals surface area contributed by atoms with Crippen LogP contribution in [0.4, 0.5) is 11.6 Å². The molecule has 29 heavy (non-hydrogen) atoms. The molecule has 1 aliphatic rings. The number of hydrogen-bond acceptors (Lipinski definition) is 7. The van der Waals surface area contributed by atoms with E-state index in [4.69, 9.17) is 9.47 Å². The number of aromatic nitrogens is 2. The van der Waals surface area contributed by atoms with E-state index in [0.29, 0.717) is 30.5 Å². The third-order valence-electron chi connectivity index (χ3n) is 4.64. The molecule has 7 heteroatoms. The summed E-state index contributed by atoms with van der Waals surface area (Å²) in [4.78, 5) is 9.74. The van der Waals surface area contributed by atoms with Crippen LogP contribution in [0.25, 0.3) is 11.3 Å². The summed E-state index contributed by atoms with van der Waals surface area (Å²) in [5.41, 5.74) is 2.92. The molecule has 0 radical (unpaired) electrons. The fourth-order valence-corrected chi connectivity index (χ4v) is 3.26. The van der Waals surface area contributed by atoms with E-state index in [1.807, 2.05) is 42.5 Å². The van der Waals surface area contributed by atoms with E-state index in [1.165, 1.54) is 0 Å². The van der Waals surface area contributed by atoms with Gasteiger partial charge in [-0.05, 0) is 48.5 Å². The zero-order chi connectivity index (χ0) is 20.1. The zero-order valence-corrected chi connectivity index (χ0v) is 16.6. The average Bonchev–Trinajstić information content (AvgIpc) is 2.76. The molecular formula is C22H20N4O2S. The van der Waals surface area contributed by atoms with Crippen LogP contribution >= 0.6 is 12.6 Å². The lowest BCUT2D eigenvalue weighted by molar-refractivity contribution is 0.0254. The molecule has 0 amide bonds. The smallest absolute Gasteiger partial charge is 0.227 e. The highest BCUT2D eigenvalue weighted by Crippen LogP contribution is 2.28. The number of nitrogens with zero attached hydrogens (tertiary/aromatic N) is 3. The standard InChI is InChI=1S/C22H20N4O2S/c23-14-16-13-15(1-6-21(16)28-18-8-11-27-12-9-18)20-7-10-24-22(26-20)25-17-2-4-19(29)5-3-17/h1-7,10,13,18,29H,8-9,11-12H2,(H,24,25,26). The highest BCUT2D eigenvalue weighted by atomic mass is 32.1. The molecule has 1 aromatic heterocycles. The topological polar surface area (TPSA) is 80.1 Å². The van der Waals surface area contributed by atoms with Crippen molar-refractivity contribution in [3.8, 4) is 23.1 Å². The van der Waals surface area contributed by atoms with Gasteiger partial charge in [0.2, 0.25) is 5.95 Å². The first-order valence-corrected chi connectivity index (χ1v) is 9.84. The van der Waals surface area contributed by atoms with Gasteiger partial charge in [0.15, 0.2) is 0 Å². The number of thiol groups is 1. The van der Waals surface area contributed by atoms with Crippen molar-refractivity contribution < 1.29 is 9.47 Å². The molecule has 1 fully saturated rings. The molecule has 0 spiro atoms. The summed E-state index contributed by atoms with van der Waals surface area (Å²) in [5.74, 6) is 1.08. The lowest BCUT2D eigenvalue weighted by Crippen LogP contribution is -2.26. The SMILES string of the molecule is N#Cc1cc(-c2ccnc(Nc3ccc(S)cc3)n2)ccc1OC1CCOCC1. The van der Waals surface area contributed by atoms with Crippen LogP contribution < -0.4 is 10.1 Å². The van der Waals surface area contributed by atoms with Crippen molar-refractivity contribution in [2.45, 2.75) is 23.8 Å². The molecule has 0 atom stereocenters. The Morgan fingerprint density at radius 2 is 1.90 bits per heavy atom. The molecule has 0 bridgehead atoms. The summed E-state index contributed by atoms with van der Waals surface area (Å²) in [6.45, 7) is 1.39. The van der Waals surface area contributed by atoms with Crippen LogP contribution in [-0.2, 0) is 4.74 Å². The maximum absolute atomic E-state index is 9.59. The van der Waals surface area contributed by atoms with Crippen LogP contribution in [0.15, 0.2) is 59.6 Å². The van der Waals surface area contributed by atoms with E-state index in [2.05, 4.69) is 34.0 Å². The van der Waals surface area contributed by atoms with E-state index >= 15 is 0 Å². The first-order chi connectivity index (χ1) is 14.2. The van der Waals surface area contributed by atoms with E-state index < -0.39 is 0 Å². The van der Waals surface area contributed by atoms with Gasteiger partial charge in [-0.2, -0.15) is 5.26 Å². The number of nitrogens with one attached hydrogen (secondary N) is 1. The van der Waals surface area contributed by atoms with E-state index in [9.17, 15) is 5.26 Å². The number of anilines is 2. The van der Waals surface area contributed by atoms with Crippen LogP contribution in [0, 0.1) is 11.3 Å². The number of hydrogen-bond donors (Lipinski definition) is 2. The second kappa shape index (κ2) is 8.95. The van der Waals surface area contributed by atoms with Crippen molar-refractivity contribution in [1.82, 2.24) is 9.97 Å². The van der Waals surface area contributed by atoms with Gasteiger partial charge in [-0.3, -0.25) is 0 Å². The Kier molecular flexibility index (Phi) is 5.94. The largest absolute Gasteiger partial charge is 0.489 e. The second-order valence-corrected chi connectivity index (χ2v) is 7.21. The van der Waals surface area contributed by atoms with Crippen LogP contribution in [0.3, 0.4) is 0 Å². The molecule has 0 aliphatic carbocycles. The molecule has 146 valence electrons. The summed E-state index contributed by atoms with van der Waals surface area (Å²) >= 11 is 4.29. The van der Waals surface area contributed by atoms with Crippen LogP contribution in [0.1, 0.15) is 18.4 Å². The van der Waals surface area contributed by atoms with Crippen molar-refractivity contribution in [2.24, 2.45) is 0 Å². The minimum Gasteiger partial charge on any atom is -0.489 e. The van der Waals surface area contributed by atoms with Crippen LogP contribution in [0.5, 0.6) is 5.75 Å². The zero-order valence-electron chi connectivity index (χ0n) is 15.7. The predicted octanol–water partition coefficient (Wildman–Crippen LogP) is 4.61. The summed E-state index contributed by atoms with van der Waals surface area (Å²) in [6, 6.07) is 17.2. The summed E-state index contributed by atoms with van der Waals surface area (Å²) in [7, 11) is 0. The Balaban J connectivity index is 1.54.